The first kappa shape index (κ1) is 8.16. The van der Waals surface area contributed by atoms with Gasteiger partial charge in [0.1, 0.15) is 0 Å². The Balaban J connectivity index is 2.28. The van der Waals surface area contributed by atoms with E-state index in [1.165, 1.54) is 6.92 Å². The van der Waals surface area contributed by atoms with E-state index in [9.17, 15) is 9.90 Å². The number of carbonyl (C=O) groups is 1. The molecular weight excluding hydrogens is 160 g/mol. The van der Waals surface area contributed by atoms with Gasteiger partial charge in [-0.2, -0.15) is 4.89 Å². The van der Waals surface area contributed by atoms with Crippen LogP contribution < -0.4 is 0 Å². The van der Waals surface area contributed by atoms with Gasteiger partial charge in [0.25, 0.3) is 0 Å². The van der Waals surface area contributed by atoms with Crippen molar-refractivity contribution in [3.8, 4) is 0 Å². The van der Waals surface area contributed by atoms with E-state index in [4.69, 9.17) is 4.89 Å². The first-order valence-corrected chi connectivity index (χ1v) is 4.21. The van der Waals surface area contributed by atoms with Crippen molar-refractivity contribution in [3.05, 3.63) is 0 Å². The third-order valence-corrected chi connectivity index (χ3v) is 2.82. The number of aliphatic hydroxyl groups is 1. The van der Waals surface area contributed by atoms with E-state index in [1.54, 1.807) is 0 Å². The maximum absolute atomic E-state index is 11.2. The minimum absolute atomic E-state index is 0.143. The van der Waals surface area contributed by atoms with Crippen LogP contribution in [0.25, 0.3) is 0 Å². The molecule has 0 aromatic rings. The molecule has 1 heterocycles. The van der Waals surface area contributed by atoms with Gasteiger partial charge in [-0.3, -0.25) is 4.79 Å². The zero-order valence-corrected chi connectivity index (χ0v) is 7.00. The molecule has 0 spiro atoms. The summed E-state index contributed by atoms with van der Waals surface area (Å²) < 4.78 is 0. The van der Waals surface area contributed by atoms with Crippen molar-refractivity contribution in [2.75, 3.05) is 0 Å². The van der Waals surface area contributed by atoms with Crippen molar-refractivity contribution in [3.63, 3.8) is 0 Å². The molecule has 12 heavy (non-hydrogen) atoms. The average molecular weight is 172 g/mol. The van der Waals surface area contributed by atoms with Gasteiger partial charge in [0.05, 0.1) is 0 Å². The van der Waals surface area contributed by atoms with E-state index in [-0.39, 0.29) is 5.78 Å². The zero-order valence-electron chi connectivity index (χ0n) is 7.00. The molecule has 0 bridgehead atoms. The lowest BCUT2D eigenvalue weighted by Crippen LogP contribution is -2.71. The predicted octanol–water partition coefficient (Wildman–Crippen LogP) is 0.539. The van der Waals surface area contributed by atoms with Gasteiger partial charge < -0.3 is 5.11 Å². The molecule has 2 atom stereocenters. The first-order valence-electron chi connectivity index (χ1n) is 4.21. The Morgan fingerprint density at radius 2 is 2.00 bits per heavy atom. The molecule has 2 rings (SSSR count). The third-order valence-electron chi connectivity index (χ3n) is 2.82. The van der Waals surface area contributed by atoms with E-state index in [0.29, 0.717) is 12.8 Å². The van der Waals surface area contributed by atoms with Gasteiger partial charge >= 0.3 is 0 Å². The van der Waals surface area contributed by atoms with Gasteiger partial charge in [0.2, 0.25) is 11.4 Å². The van der Waals surface area contributed by atoms with E-state index in [1.807, 2.05) is 0 Å². The van der Waals surface area contributed by atoms with Crippen LogP contribution >= 0.6 is 0 Å². The van der Waals surface area contributed by atoms with Crippen LogP contribution in [-0.4, -0.2) is 22.3 Å². The summed E-state index contributed by atoms with van der Waals surface area (Å²) in [6.45, 7) is 1.43. The second kappa shape index (κ2) is 2.28. The highest BCUT2D eigenvalue weighted by Crippen LogP contribution is 2.49. The molecule has 0 radical (unpaired) electrons. The maximum Gasteiger partial charge on any atom is 0.238 e. The molecule has 4 heteroatoms. The second-order valence-corrected chi connectivity index (χ2v) is 3.54. The van der Waals surface area contributed by atoms with E-state index in [2.05, 4.69) is 4.89 Å². The number of fused-ring (bicyclic) bond motifs is 1. The van der Waals surface area contributed by atoms with Gasteiger partial charge in [-0.05, 0) is 26.2 Å². The Morgan fingerprint density at radius 1 is 1.33 bits per heavy atom. The van der Waals surface area contributed by atoms with Crippen molar-refractivity contribution in [2.24, 2.45) is 0 Å². The summed E-state index contributed by atoms with van der Waals surface area (Å²) in [6.07, 6.45) is 2.85. The molecule has 0 amide bonds. The molecule has 2 unspecified atom stereocenters. The van der Waals surface area contributed by atoms with E-state index in [0.717, 1.165) is 12.8 Å². The molecule has 2 aliphatic rings. The fourth-order valence-electron chi connectivity index (χ4n) is 1.97. The molecule has 1 N–H and O–H groups in total. The summed E-state index contributed by atoms with van der Waals surface area (Å²) in [6, 6.07) is 0. The normalized spacial score (nSPS) is 46.2. The van der Waals surface area contributed by atoms with Gasteiger partial charge in [-0.15, -0.1) is 0 Å². The van der Waals surface area contributed by atoms with Crippen LogP contribution in [0.5, 0.6) is 0 Å². The first-order chi connectivity index (χ1) is 5.61. The Hall–Kier alpha value is -0.450. The van der Waals surface area contributed by atoms with Gasteiger partial charge in [0, 0.05) is 6.42 Å². The maximum atomic E-state index is 11.2. The number of hydrogen-bond donors (Lipinski definition) is 1. The lowest BCUT2D eigenvalue weighted by molar-refractivity contribution is -0.596. The highest BCUT2D eigenvalue weighted by molar-refractivity contribution is 5.87. The van der Waals surface area contributed by atoms with Gasteiger partial charge in [-0.1, -0.05) is 0 Å². The summed E-state index contributed by atoms with van der Waals surface area (Å²) in [4.78, 5) is 20.6. The Kier molecular flexibility index (Phi) is 1.55. The molecule has 2 fully saturated rings. The minimum Gasteiger partial charge on any atom is -0.361 e. The van der Waals surface area contributed by atoms with Crippen LogP contribution in [0.3, 0.4) is 0 Å². The molecule has 0 aromatic heterocycles. The Morgan fingerprint density at radius 3 is 2.33 bits per heavy atom. The summed E-state index contributed by atoms with van der Waals surface area (Å²) in [5.74, 6) is -1.48. The Labute approximate surface area is 70.4 Å². The fraction of sp³-hybridized carbons (Fsp3) is 0.875. The SMILES string of the molecule is CC(=O)C12CCCCC1(O)OO2. The average Bonchev–Trinajstić information content (AvgIpc) is 1.99. The third kappa shape index (κ3) is 0.748. The smallest absolute Gasteiger partial charge is 0.238 e. The van der Waals surface area contributed by atoms with Crippen molar-refractivity contribution in [1.29, 1.82) is 0 Å². The lowest BCUT2D eigenvalue weighted by atomic mass is 9.75. The van der Waals surface area contributed by atoms with Crippen LogP contribution in [0, 0.1) is 0 Å². The number of ketones is 1. The summed E-state index contributed by atoms with van der Waals surface area (Å²) in [5.41, 5.74) is -1.05. The summed E-state index contributed by atoms with van der Waals surface area (Å²) >= 11 is 0. The van der Waals surface area contributed by atoms with E-state index >= 15 is 0 Å². The van der Waals surface area contributed by atoms with Gasteiger partial charge in [-0.25, -0.2) is 4.89 Å². The van der Waals surface area contributed by atoms with Crippen LogP contribution in [0.4, 0.5) is 0 Å². The molecule has 1 aliphatic carbocycles. The van der Waals surface area contributed by atoms with Crippen LogP contribution in [0.2, 0.25) is 0 Å². The fourth-order valence-corrected chi connectivity index (χ4v) is 1.97. The van der Waals surface area contributed by atoms with Crippen LogP contribution in [-0.2, 0) is 14.6 Å². The number of rotatable bonds is 1. The molecule has 1 saturated carbocycles. The second-order valence-electron chi connectivity index (χ2n) is 3.54. The Bertz CT molecular complexity index is 227. The van der Waals surface area contributed by atoms with Crippen LogP contribution in [0.1, 0.15) is 32.6 Å². The summed E-state index contributed by atoms with van der Waals surface area (Å²) in [7, 11) is 0. The van der Waals surface area contributed by atoms with Crippen molar-refractivity contribution in [1.82, 2.24) is 0 Å². The number of carbonyl (C=O) groups excluding carboxylic acids is 1. The zero-order chi connectivity index (χ0) is 8.82. The molecule has 1 saturated heterocycles. The number of hydrogen-bond acceptors (Lipinski definition) is 4. The van der Waals surface area contributed by atoms with E-state index < -0.39 is 11.4 Å². The largest absolute Gasteiger partial charge is 0.361 e. The number of Topliss-reactive ketones (excluding diaryl/α,β-unsaturated/α-hetero) is 1. The minimum atomic E-state index is -1.34. The topological polar surface area (TPSA) is 55.8 Å². The monoisotopic (exact) mass is 172 g/mol. The van der Waals surface area contributed by atoms with Crippen molar-refractivity contribution >= 4 is 5.78 Å². The predicted molar refractivity (Wildman–Crippen MR) is 39.0 cm³/mol. The highest BCUT2D eigenvalue weighted by Gasteiger charge is 2.67. The van der Waals surface area contributed by atoms with Crippen molar-refractivity contribution < 1.29 is 19.7 Å². The lowest BCUT2D eigenvalue weighted by Gasteiger charge is -2.53. The summed E-state index contributed by atoms with van der Waals surface area (Å²) in [5, 5.41) is 9.78. The van der Waals surface area contributed by atoms with Gasteiger partial charge in [0.15, 0.2) is 5.78 Å². The molecule has 68 valence electrons. The molecule has 1 aliphatic heterocycles. The molecule has 0 aromatic carbocycles. The molecular formula is C8H12O4. The van der Waals surface area contributed by atoms with Crippen molar-refractivity contribution in [2.45, 2.75) is 44.0 Å². The van der Waals surface area contributed by atoms with Crippen LogP contribution in [0.15, 0.2) is 0 Å². The standard InChI is InChI=1S/C8H12O4/c1-6(9)7-4-2-3-5-8(7,10)12-11-7/h10H,2-5H2,1H3. The highest BCUT2D eigenvalue weighted by atomic mass is 17.3. The molecule has 4 nitrogen and oxygen atoms in total. The quantitative estimate of drug-likeness (QED) is 0.586.